The largest absolute Gasteiger partial charge is 0.459 e. The lowest BCUT2D eigenvalue weighted by atomic mass is 10.1. The summed E-state index contributed by atoms with van der Waals surface area (Å²) >= 11 is 0. The fraction of sp³-hybridized carbons (Fsp3) is 0.423. The quantitative estimate of drug-likeness (QED) is 0.645. The molecule has 3 rings (SSSR count). The van der Waals surface area contributed by atoms with Crippen molar-refractivity contribution >= 4 is 18.0 Å². The average molecular weight is 453 g/mol. The number of rotatable bonds is 7. The highest BCUT2D eigenvalue weighted by atomic mass is 16.6. The van der Waals surface area contributed by atoms with Crippen LogP contribution >= 0.6 is 0 Å². The van der Waals surface area contributed by atoms with Crippen molar-refractivity contribution in [3.05, 3.63) is 71.8 Å². The maximum atomic E-state index is 13.1. The summed E-state index contributed by atoms with van der Waals surface area (Å²) in [5, 5.41) is 2.83. The van der Waals surface area contributed by atoms with Crippen LogP contribution in [0.25, 0.3) is 0 Å². The monoisotopic (exact) mass is 452 g/mol. The predicted octanol–water partition coefficient (Wildman–Crippen LogP) is 3.86. The van der Waals surface area contributed by atoms with Crippen LogP contribution in [0, 0.1) is 0 Å². The van der Waals surface area contributed by atoms with Crippen molar-refractivity contribution in [2.24, 2.45) is 0 Å². The highest BCUT2D eigenvalue weighted by molar-refractivity contribution is 5.90. The maximum Gasteiger partial charge on any atom is 0.410 e. The molecule has 7 nitrogen and oxygen atoms in total. The molecule has 0 saturated carbocycles. The molecular weight excluding hydrogens is 420 g/mol. The van der Waals surface area contributed by atoms with Crippen molar-refractivity contribution in [2.75, 3.05) is 6.54 Å². The minimum absolute atomic E-state index is 0.119. The van der Waals surface area contributed by atoms with Crippen LogP contribution in [0.1, 0.15) is 44.7 Å². The first-order chi connectivity index (χ1) is 15.7. The van der Waals surface area contributed by atoms with Gasteiger partial charge in [0.2, 0.25) is 5.91 Å². The fourth-order valence-corrected chi connectivity index (χ4v) is 3.72. The number of carbonyl (C=O) groups excluding carboxylic acids is 3. The van der Waals surface area contributed by atoms with Crippen molar-refractivity contribution in [2.45, 2.75) is 64.3 Å². The van der Waals surface area contributed by atoms with E-state index in [1.807, 2.05) is 60.7 Å². The number of carbonyl (C=O) groups is 3. The van der Waals surface area contributed by atoms with Crippen molar-refractivity contribution in [3.8, 4) is 0 Å². The molecule has 1 saturated heterocycles. The molecule has 0 radical (unpaired) electrons. The first-order valence-electron chi connectivity index (χ1n) is 11.3. The smallest absolute Gasteiger partial charge is 0.410 e. The van der Waals surface area contributed by atoms with E-state index in [0.717, 1.165) is 11.1 Å². The zero-order chi connectivity index (χ0) is 23.8. The summed E-state index contributed by atoms with van der Waals surface area (Å²) in [5.41, 5.74) is 1.11. The van der Waals surface area contributed by atoms with Crippen LogP contribution in [-0.4, -0.2) is 47.1 Å². The van der Waals surface area contributed by atoms with Gasteiger partial charge in [-0.2, -0.15) is 0 Å². The number of esters is 1. The highest BCUT2D eigenvalue weighted by Gasteiger charge is 2.38. The average Bonchev–Trinajstić information content (AvgIpc) is 3.28. The topological polar surface area (TPSA) is 84.9 Å². The molecule has 1 heterocycles. The molecule has 2 aromatic rings. The third-order valence-corrected chi connectivity index (χ3v) is 5.29. The van der Waals surface area contributed by atoms with E-state index in [2.05, 4.69) is 5.32 Å². The molecule has 0 spiro atoms. The van der Waals surface area contributed by atoms with Gasteiger partial charge in [0.1, 0.15) is 24.3 Å². The van der Waals surface area contributed by atoms with E-state index >= 15 is 0 Å². The molecule has 7 heteroatoms. The van der Waals surface area contributed by atoms with E-state index in [9.17, 15) is 14.4 Å². The Morgan fingerprint density at radius 2 is 1.61 bits per heavy atom. The second-order valence-electron chi connectivity index (χ2n) is 9.18. The van der Waals surface area contributed by atoms with Crippen LogP contribution in [0.4, 0.5) is 4.79 Å². The number of likely N-dealkylation sites (tertiary alicyclic amines) is 1. The van der Waals surface area contributed by atoms with Gasteiger partial charge in [0.25, 0.3) is 0 Å². The molecule has 1 aliphatic heterocycles. The molecule has 0 bridgehead atoms. The minimum atomic E-state index is -0.871. The minimum Gasteiger partial charge on any atom is -0.459 e. The van der Waals surface area contributed by atoms with Crippen LogP contribution in [0.3, 0.4) is 0 Å². The molecule has 176 valence electrons. The number of hydrogen-bond donors (Lipinski definition) is 1. The van der Waals surface area contributed by atoms with E-state index in [1.165, 1.54) is 4.90 Å². The number of amides is 2. The van der Waals surface area contributed by atoms with Gasteiger partial charge in [-0.15, -0.1) is 0 Å². The Balaban J connectivity index is 1.69. The Morgan fingerprint density at radius 1 is 1.00 bits per heavy atom. The van der Waals surface area contributed by atoms with E-state index in [0.29, 0.717) is 25.8 Å². The Kier molecular flexibility index (Phi) is 8.09. The molecular formula is C26H32N2O5. The van der Waals surface area contributed by atoms with Crippen molar-refractivity contribution in [3.63, 3.8) is 0 Å². The molecule has 0 aliphatic carbocycles. The molecule has 1 N–H and O–H groups in total. The summed E-state index contributed by atoms with van der Waals surface area (Å²) in [6.45, 7) is 5.92. The third-order valence-electron chi connectivity index (χ3n) is 5.29. The molecule has 1 aliphatic rings. The van der Waals surface area contributed by atoms with Gasteiger partial charge in [0.15, 0.2) is 0 Å². The van der Waals surface area contributed by atoms with Crippen molar-refractivity contribution in [1.29, 1.82) is 0 Å². The van der Waals surface area contributed by atoms with Gasteiger partial charge in [0.05, 0.1) is 0 Å². The fourth-order valence-electron chi connectivity index (χ4n) is 3.72. The molecule has 0 aromatic heterocycles. The molecule has 0 unspecified atom stereocenters. The zero-order valence-corrected chi connectivity index (χ0v) is 19.5. The van der Waals surface area contributed by atoms with Crippen molar-refractivity contribution in [1.82, 2.24) is 10.2 Å². The van der Waals surface area contributed by atoms with Crippen LogP contribution in [0.2, 0.25) is 0 Å². The van der Waals surface area contributed by atoms with Crippen molar-refractivity contribution < 1.29 is 23.9 Å². The summed E-state index contributed by atoms with van der Waals surface area (Å²) in [6.07, 6.45) is 0.979. The van der Waals surface area contributed by atoms with Crippen LogP contribution < -0.4 is 5.32 Å². The van der Waals surface area contributed by atoms with Gasteiger partial charge in [-0.25, -0.2) is 9.59 Å². The lowest BCUT2D eigenvalue weighted by Gasteiger charge is -2.29. The second kappa shape index (κ2) is 11.0. The van der Waals surface area contributed by atoms with Gasteiger partial charge in [-0.3, -0.25) is 9.69 Å². The van der Waals surface area contributed by atoms with Crippen LogP contribution in [-0.2, 0) is 32.1 Å². The van der Waals surface area contributed by atoms with Gasteiger partial charge in [-0.05, 0) is 44.7 Å². The number of hydrogen-bond acceptors (Lipinski definition) is 5. The SMILES string of the molecule is CC(C)(C)OC(=O)N1CCC[C@H]1C(=O)N[C@H](Cc1ccccc1)C(=O)OCc1ccccc1. The van der Waals surface area contributed by atoms with E-state index in [-0.39, 0.29) is 12.5 Å². The maximum absolute atomic E-state index is 13.1. The van der Waals surface area contributed by atoms with E-state index in [1.54, 1.807) is 20.8 Å². The lowest BCUT2D eigenvalue weighted by Crippen LogP contribution is -2.52. The molecule has 33 heavy (non-hydrogen) atoms. The summed E-state index contributed by atoms with van der Waals surface area (Å²) in [4.78, 5) is 40.1. The molecule has 1 fully saturated rings. The number of nitrogens with zero attached hydrogens (tertiary/aromatic N) is 1. The predicted molar refractivity (Wildman–Crippen MR) is 124 cm³/mol. The number of ether oxygens (including phenoxy) is 2. The number of nitrogens with one attached hydrogen (secondary N) is 1. The van der Waals surface area contributed by atoms with Crippen LogP contribution in [0.5, 0.6) is 0 Å². The summed E-state index contributed by atoms with van der Waals surface area (Å²) < 4.78 is 11.0. The molecule has 2 atom stereocenters. The zero-order valence-electron chi connectivity index (χ0n) is 19.5. The Hall–Kier alpha value is -3.35. The first-order valence-corrected chi connectivity index (χ1v) is 11.3. The molecule has 2 amide bonds. The third kappa shape index (κ3) is 7.34. The summed E-state index contributed by atoms with van der Waals surface area (Å²) in [6, 6.07) is 17.3. The molecule has 2 aromatic carbocycles. The second-order valence-corrected chi connectivity index (χ2v) is 9.18. The van der Waals surface area contributed by atoms with Gasteiger partial charge in [0, 0.05) is 13.0 Å². The Bertz CT molecular complexity index is 940. The van der Waals surface area contributed by atoms with E-state index < -0.39 is 29.7 Å². The van der Waals surface area contributed by atoms with Gasteiger partial charge in [-0.1, -0.05) is 60.7 Å². The van der Waals surface area contributed by atoms with Crippen LogP contribution in [0.15, 0.2) is 60.7 Å². The van der Waals surface area contributed by atoms with Gasteiger partial charge >= 0.3 is 12.1 Å². The summed E-state index contributed by atoms with van der Waals surface area (Å²) in [7, 11) is 0. The van der Waals surface area contributed by atoms with E-state index in [4.69, 9.17) is 9.47 Å². The first kappa shape index (κ1) is 24.3. The Labute approximate surface area is 195 Å². The number of benzene rings is 2. The highest BCUT2D eigenvalue weighted by Crippen LogP contribution is 2.21. The van der Waals surface area contributed by atoms with Gasteiger partial charge < -0.3 is 14.8 Å². The standard InChI is InChI=1S/C26H32N2O5/c1-26(2,3)33-25(31)28-16-10-15-22(28)23(29)27-21(17-19-11-6-4-7-12-19)24(30)32-18-20-13-8-5-9-14-20/h4-9,11-14,21-22H,10,15-18H2,1-3H3,(H,27,29)/t21-,22+/m1/s1. The normalized spacial score (nSPS) is 16.7. The lowest BCUT2D eigenvalue weighted by molar-refractivity contribution is -0.149. The summed E-state index contributed by atoms with van der Waals surface area (Å²) in [5.74, 6) is -0.895. The Morgan fingerprint density at radius 3 is 2.21 bits per heavy atom.